The van der Waals surface area contributed by atoms with Crippen LogP contribution in [0.5, 0.6) is 0 Å². The number of nitrogens with one attached hydrogen (secondary N) is 1. The van der Waals surface area contributed by atoms with Gasteiger partial charge in [-0.3, -0.25) is 0 Å². The lowest BCUT2D eigenvalue weighted by molar-refractivity contribution is 0.189. The normalized spacial score (nSPS) is 19.6. The van der Waals surface area contributed by atoms with Gasteiger partial charge in [0.05, 0.1) is 18.9 Å². The van der Waals surface area contributed by atoms with Crippen LogP contribution in [0.25, 0.3) is 0 Å². The van der Waals surface area contributed by atoms with E-state index in [1.54, 1.807) is 0 Å². The van der Waals surface area contributed by atoms with Crippen molar-refractivity contribution >= 4 is 35.6 Å². The van der Waals surface area contributed by atoms with Crippen LogP contribution < -0.4 is 10.2 Å². The van der Waals surface area contributed by atoms with E-state index in [1.807, 2.05) is 12.5 Å². The number of piperidine rings is 1. The molecule has 7 heteroatoms. The third-order valence-electron chi connectivity index (χ3n) is 5.58. The first kappa shape index (κ1) is 23.5. The summed E-state index contributed by atoms with van der Waals surface area (Å²) in [6.45, 7) is 10.1. The molecule has 3 rings (SSSR count). The van der Waals surface area contributed by atoms with Gasteiger partial charge in [0.15, 0.2) is 5.96 Å². The predicted octanol–water partition coefficient (Wildman–Crippen LogP) is 3.92. The highest BCUT2D eigenvalue weighted by Gasteiger charge is 2.28. The van der Waals surface area contributed by atoms with Gasteiger partial charge in [0.1, 0.15) is 0 Å². The molecule has 6 nitrogen and oxygen atoms in total. The van der Waals surface area contributed by atoms with Gasteiger partial charge >= 0.3 is 0 Å². The molecule has 1 fully saturated rings. The Morgan fingerprint density at radius 3 is 2.79 bits per heavy atom. The zero-order chi connectivity index (χ0) is 20.1. The highest BCUT2D eigenvalue weighted by molar-refractivity contribution is 14.0. The monoisotopic (exact) mass is 510 g/mol. The van der Waals surface area contributed by atoms with E-state index in [-0.39, 0.29) is 24.0 Å². The average molecular weight is 510 g/mol. The van der Waals surface area contributed by atoms with Crippen molar-refractivity contribution in [2.24, 2.45) is 10.9 Å². The van der Waals surface area contributed by atoms with Gasteiger partial charge in [0, 0.05) is 51.8 Å². The van der Waals surface area contributed by atoms with Gasteiger partial charge in [-0.05, 0) is 43.4 Å². The van der Waals surface area contributed by atoms with E-state index in [4.69, 9.17) is 4.99 Å². The standard InChI is InChI=1S/C22H34N6.HI/c1-6-24-22(25-14-19-8-7-17(2)13-20(19)26(4)5)27-11-9-18(3)21(15-27)28-12-10-23-16-28;/h7-8,10,12-13,16,18,21H,6,9,11,14-15H2,1-5H3,(H,24,25);1H. The number of imidazole rings is 1. The smallest absolute Gasteiger partial charge is 0.194 e. The molecule has 0 spiro atoms. The van der Waals surface area contributed by atoms with Crippen molar-refractivity contribution in [3.8, 4) is 0 Å². The lowest BCUT2D eigenvalue weighted by Crippen LogP contribution is -2.49. The van der Waals surface area contributed by atoms with Crippen LogP contribution in [0.1, 0.15) is 37.4 Å². The molecule has 0 aliphatic carbocycles. The molecule has 1 aromatic carbocycles. The second kappa shape index (κ2) is 10.8. The molecule has 1 saturated heterocycles. The molecular weight excluding hydrogens is 475 g/mol. The molecular formula is C22H35IN6. The molecule has 0 saturated carbocycles. The van der Waals surface area contributed by atoms with Crippen LogP contribution in [0.4, 0.5) is 5.69 Å². The topological polar surface area (TPSA) is 48.7 Å². The van der Waals surface area contributed by atoms with E-state index in [0.29, 0.717) is 18.5 Å². The number of rotatable bonds is 5. The third kappa shape index (κ3) is 5.87. The Hall–Kier alpha value is -1.77. The Bertz CT molecular complexity index is 787. The second-order valence-electron chi connectivity index (χ2n) is 7.99. The van der Waals surface area contributed by atoms with E-state index >= 15 is 0 Å². The summed E-state index contributed by atoms with van der Waals surface area (Å²) in [5.41, 5.74) is 3.77. The van der Waals surface area contributed by atoms with Crippen molar-refractivity contribution < 1.29 is 0 Å². The number of hydrogen-bond acceptors (Lipinski definition) is 3. The number of anilines is 1. The van der Waals surface area contributed by atoms with E-state index in [0.717, 1.165) is 32.0 Å². The molecule has 1 aliphatic heterocycles. The molecule has 1 N–H and O–H groups in total. The molecule has 2 unspecified atom stereocenters. The SMILES string of the molecule is CCNC(=NCc1ccc(C)cc1N(C)C)N1CCC(C)C(n2ccnc2)C1.I. The molecule has 1 aliphatic rings. The fourth-order valence-corrected chi connectivity index (χ4v) is 3.90. The number of likely N-dealkylation sites (tertiary alicyclic amines) is 1. The summed E-state index contributed by atoms with van der Waals surface area (Å²) in [6.07, 6.45) is 7.03. The number of benzene rings is 1. The third-order valence-corrected chi connectivity index (χ3v) is 5.58. The summed E-state index contributed by atoms with van der Waals surface area (Å²) in [6, 6.07) is 7.03. The van der Waals surface area contributed by atoms with Gasteiger partial charge in [0.25, 0.3) is 0 Å². The van der Waals surface area contributed by atoms with Gasteiger partial charge in [-0.25, -0.2) is 9.98 Å². The Balaban J connectivity index is 0.00000300. The first-order valence-electron chi connectivity index (χ1n) is 10.3. The molecule has 2 aromatic rings. The zero-order valence-corrected chi connectivity index (χ0v) is 20.6. The van der Waals surface area contributed by atoms with Gasteiger partial charge in [-0.2, -0.15) is 0 Å². The number of guanidine groups is 1. The Labute approximate surface area is 192 Å². The van der Waals surface area contributed by atoms with E-state index in [1.165, 1.54) is 16.8 Å². The van der Waals surface area contributed by atoms with Gasteiger partial charge < -0.3 is 19.7 Å². The summed E-state index contributed by atoms with van der Waals surface area (Å²) in [5, 5.41) is 3.50. The van der Waals surface area contributed by atoms with Crippen molar-refractivity contribution in [3.63, 3.8) is 0 Å². The minimum atomic E-state index is 0. The van der Waals surface area contributed by atoms with E-state index < -0.39 is 0 Å². The molecule has 1 aromatic heterocycles. The summed E-state index contributed by atoms with van der Waals surface area (Å²) in [4.78, 5) is 13.8. The highest BCUT2D eigenvalue weighted by atomic mass is 127. The summed E-state index contributed by atoms with van der Waals surface area (Å²) >= 11 is 0. The summed E-state index contributed by atoms with van der Waals surface area (Å²) in [5.74, 6) is 1.63. The van der Waals surface area contributed by atoms with Crippen molar-refractivity contribution in [2.75, 3.05) is 38.6 Å². The van der Waals surface area contributed by atoms with Crippen LogP contribution in [0, 0.1) is 12.8 Å². The minimum Gasteiger partial charge on any atom is -0.377 e. The maximum Gasteiger partial charge on any atom is 0.194 e. The van der Waals surface area contributed by atoms with Gasteiger partial charge in [0.2, 0.25) is 0 Å². The number of nitrogens with zero attached hydrogens (tertiary/aromatic N) is 5. The maximum absolute atomic E-state index is 5.00. The van der Waals surface area contributed by atoms with Crippen LogP contribution >= 0.6 is 24.0 Å². The molecule has 29 heavy (non-hydrogen) atoms. The molecule has 2 atom stereocenters. The molecule has 2 heterocycles. The average Bonchev–Trinajstić information content (AvgIpc) is 3.21. The molecule has 160 valence electrons. The van der Waals surface area contributed by atoms with Crippen molar-refractivity contribution in [2.45, 2.75) is 39.8 Å². The minimum absolute atomic E-state index is 0. The van der Waals surface area contributed by atoms with Crippen LogP contribution in [0.2, 0.25) is 0 Å². The number of aliphatic imine (C=N–C) groups is 1. The Morgan fingerprint density at radius 2 is 2.14 bits per heavy atom. The highest BCUT2D eigenvalue weighted by Crippen LogP contribution is 2.28. The number of aromatic nitrogens is 2. The maximum atomic E-state index is 5.00. The molecule has 0 radical (unpaired) electrons. The quantitative estimate of drug-likeness (QED) is 0.377. The number of aryl methyl sites for hydroxylation is 1. The predicted molar refractivity (Wildman–Crippen MR) is 132 cm³/mol. The fraction of sp³-hybridized carbons (Fsp3) is 0.545. The second-order valence-corrected chi connectivity index (χ2v) is 7.99. The summed E-state index contributed by atoms with van der Waals surface area (Å²) < 4.78 is 2.24. The fourth-order valence-electron chi connectivity index (χ4n) is 3.90. The van der Waals surface area contributed by atoms with Crippen LogP contribution in [-0.2, 0) is 6.54 Å². The van der Waals surface area contributed by atoms with Crippen molar-refractivity contribution in [1.29, 1.82) is 0 Å². The first-order valence-corrected chi connectivity index (χ1v) is 10.3. The number of hydrogen-bond donors (Lipinski definition) is 1. The first-order chi connectivity index (χ1) is 13.5. The van der Waals surface area contributed by atoms with Crippen LogP contribution in [-0.4, -0.2) is 54.1 Å². The van der Waals surface area contributed by atoms with Crippen LogP contribution in [0.3, 0.4) is 0 Å². The number of halogens is 1. The van der Waals surface area contributed by atoms with Crippen molar-refractivity contribution in [1.82, 2.24) is 19.8 Å². The Kier molecular flexibility index (Phi) is 8.79. The van der Waals surface area contributed by atoms with Gasteiger partial charge in [-0.15, -0.1) is 24.0 Å². The van der Waals surface area contributed by atoms with Gasteiger partial charge in [-0.1, -0.05) is 19.1 Å². The van der Waals surface area contributed by atoms with E-state index in [2.05, 4.69) is 83.9 Å². The summed E-state index contributed by atoms with van der Waals surface area (Å²) in [7, 11) is 4.18. The zero-order valence-electron chi connectivity index (χ0n) is 18.3. The lowest BCUT2D eigenvalue weighted by Gasteiger charge is -2.39. The molecule has 0 bridgehead atoms. The molecule has 0 amide bonds. The Morgan fingerprint density at radius 1 is 1.34 bits per heavy atom. The van der Waals surface area contributed by atoms with Crippen LogP contribution in [0.15, 0.2) is 41.9 Å². The largest absolute Gasteiger partial charge is 0.377 e. The van der Waals surface area contributed by atoms with Crippen molar-refractivity contribution in [3.05, 3.63) is 48.0 Å². The van der Waals surface area contributed by atoms with E-state index in [9.17, 15) is 0 Å². The lowest BCUT2D eigenvalue weighted by atomic mass is 9.93.